The molecular weight excluding hydrogens is 178 g/mol. The summed E-state index contributed by atoms with van der Waals surface area (Å²) in [6.07, 6.45) is 0.109. The van der Waals surface area contributed by atoms with Crippen LogP contribution in [0.2, 0.25) is 0 Å². The van der Waals surface area contributed by atoms with Crippen LogP contribution < -0.4 is 0 Å². The van der Waals surface area contributed by atoms with Gasteiger partial charge < -0.3 is 10.2 Å². The topological polar surface area (TPSA) is 43.7 Å². The van der Waals surface area contributed by atoms with Crippen LogP contribution in [0.25, 0.3) is 0 Å². The number of aliphatic hydroxyl groups excluding tert-OH is 2. The van der Waals surface area contributed by atoms with Gasteiger partial charge in [0.25, 0.3) is 0 Å². The first-order valence-electron chi connectivity index (χ1n) is 5.38. The molecule has 0 aliphatic heterocycles. The Balaban J connectivity index is 4.26. The highest BCUT2D eigenvalue weighted by Gasteiger charge is 2.24. The Morgan fingerprint density at radius 1 is 1.14 bits per heavy atom. The maximum absolute atomic E-state index is 9.58. The number of rotatable bonds is 5. The van der Waals surface area contributed by atoms with Gasteiger partial charge in [-0.15, -0.1) is 0 Å². The van der Waals surface area contributed by atoms with Gasteiger partial charge in [-0.05, 0) is 34.1 Å². The molecule has 0 amide bonds. The maximum atomic E-state index is 9.58. The molecular formula is C11H25NO2. The summed E-state index contributed by atoms with van der Waals surface area (Å²) in [5.74, 6) is 0. The summed E-state index contributed by atoms with van der Waals surface area (Å²) in [5.41, 5.74) is -0.00681. The van der Waals surface area contributed by atoms with E-state index in [1.54, 1.807) is 6.92 Å². The molecule has 0 saturated carbocycles. The maximum Gasteiger partial charge on any atom is 0.0664 e. The zero-order valence-corrected chi connectivity index (χ0v) is 10.1. The molecule has 2 unspecified atom stereocenters. The van der Waals surface area contributed by atoms with Crippen LogP contribution in [0.5, 0.6) is 0 Å². The highest BCUT2D eigenvalue weighted by molar-refractivity contribution is 4.79. The third-order valence-corrected chi connectivity index (χ3v) is 2.34. The van der Waals surface area contributed by atoms with Crippen molar-refractivity contribution in [2.24, 2.45) is 0 Å². The zero-order chi connectivity index (χ0) is 11.4. The zero-order valence-electron chi connectivity index (χ0n) is 10.1. The van der Waals surface area contributed by atoms with E-state index < -0.39 is 0 Å². The van der Waals surface area contributed by atoms with Gasteiger partial charge in [-0.2, -0.15) is 0 Å². The van der Waals surface area contributed by atoms with E-state index in [-0.39, 0.29) is 17.7 Å². The smallest absolute Gasteiger partial charge is 0.0664 e. The first-order valence-corrected chi connectivity index (χ1v) is 5.38. The van der Waals surface area contributed by atoms with Gasteiger partial charge in [-0.25, -0.2) is 0 Å². The van der Waals surface area contributed by atoms with Crippen LogP contribution >= 0.6 is 0 Å². The molecule has 0 aromatic carbocycles. The summed E-state index contributed by atoms with van der Waals surface area (Å²) in [4.78, 5) is 2.12. The summed E-state index contributed by atoms with van der Waals surface area (Å²) >= 11 is 0. The van der Waals surface area contributed by atoms with Crippen molar-refractivity contribution in [1.82, 2.24) is 4.90 Å². The Kier molecular flexibility index (Phi) is 5.64. The summed E-state index contributed by atoms with van der Waals surface area (Å²) < 4.78 is 0. The molecule has 3 nitrogen and oxygen atoms in total. The molecule has 0 radical (unpaired) electrons. The van der Waals surface area contributed by atoms with Crippen molar-refractivity contribution < 1.29 is 10.2 Å². The Morgan fingerprint density at radius 2 is 1.64 bits per heavy atom. The second-order valence-electron chi connectivity index (χ2n) is 4.99. The number of nitrogens with zero attached hydrogens (tertiary/aromatic N) is 1. The average molecular weight is 203 g/mol. The second kappa shape index (κ2) is 5.69. The molecule has 0 aliphatic carbocycles. The third kappa shape index (κ3) is 5.58. The molecule has 0 heterocycles. The van der Waals surface area contributed by atoms with E-state index >= 15 is 0 Å². The van der Waals surface area contributed by atoms with Crippen LogP contribution in [0.15, 0.2) is 0 Å². The van der Waals surface area contributed by atoms with Gasteiger partial charge in [0.1, 0.15) is 0 Å². The minimum absolute atomic E-state index is 0.00681. The average Bonchev–Trinajstić information content (AvgIpc) is 2.00. The van der Waals surface area contributed by atoms with Crippen molar-refractivity contribution in [2.75, 3.05) is 13.1 Å². The summed E-state index contributed by atoms with van der Waals surface area (Å²) in [5, 5.41) is 18.9. The van der Waals surface area contributed by atoms with E-state index in [0.29, 0.717) is 13.1 Å². The summed E-state index contributed by atoms with van der Waals surface area (Å²) in [7, 11) is 0. The summed E-state index contributed by atoms with van der Waals surface area (Å²) in [6.45, 7) is 11.3. The Bertz CT molecular complexity index is 152. The number of hydrogen-bond donors (Lipinski definition) is 2. The van der Waals surface area contributed by atoms with Crippen LogP contribution in [0.1, 0.15) is 41.0 Å². The quantitative estimate of drug-likeness (QED) is 0.706. The van der Waals surface area contributed by atoms with Crippen LogP contribution in [0, 0.1) is 0 Å². The molecule has 0 aromatic heterocycles. The SMILES string of the molecule is CCC(O)CN(CC(C)O)C(C)(C)C. The molecule has 0 saturated heterocycles. The van der Waals surface area contributed by atoms with Crippen LogP contribution in [-0.2, 0) is 0 Å². The van der Waals surface area contributed by atoms with Gasteiger partial charge >= 0.3 is 0 Å². The highest BCUT2D eigenvalue weighted by atomic mass is 16.3. The van der Waals surface area contributed by atoms with Crippen LogP contribution in [0.4, 0.5) is 0 Å². The predicted molar refractivity (Wildman–Crippen MR) is 59.3 cm³/mol. The van der Waals surface area contributed by atoms with Gasteiger partial charge in [0.05, 0.1) is 12.2 Å². The Morgan fingerprint density at radius 3 is 1.93 bits per heavy atom. The fraction of sp³-hybridized carbons (Fsp3) is 1.00. The van der Waals surface area contributed by atoms with Crippen LogP contribution in [-0.4, -0.2) is 45.9 Å². The first-order chi connectivity index (χ1) is 6.27. The largest absolute Gasteiger partial charge is 0.392 e. The van der Waals surface area contributed by atoms with Crippen molar-refractivity contribution in [2.45, 2.75) is 58.8 Å². The van der Waals surface area contributed by atoms with E-state index in [9.17, 15) is 10.2 Å². The van der Waals surface area contributed by atoms with Gasteiger partial charge in [-0.1, -0.05) is 6.92 Å². The molecule has 0 aromatic rings. The molecule has 14 heavy (non-hydrogen) atoms. The first kappa shape index (κ1) is 13.9. The lowest BCUT2D eigenvalue weighted by atomic mass is 10.0. The van der Waals surface area contributed by atoms with Gasteiger partial charge in [0.15, 0.2) is 0 Å². The molecule has 2 atom stereocenters. The molecule has 86 valence electrons. The lowest BCUT2D eigenvalue weighted by Crippen LogP contribution is -2.48. The lowest BCUT2D eigenvalue weighted by molar-refractivity contribution is 0.0246. The normalized spacial score (nSPS) is 17.1. The molecule has 2 N–H and O–H groups in total. The molecule has 0 spiro atoms. The van der Waals surface area contributed by atoms with Crippen molar-refractivity contribution in [3.05, 3.63) is 0 Å². The van der Waals surface area contributed by atoms with E-state index in [2.05, 4.69) is 25.7 Å². The molecule has 0 rings (SSSR count). The monoisotopic (exact) mass is 203 g/mol. The predicted octanol–water partition coefficient (Wildman–Crippen LogP) is 1.24. The Hall–Kier alpha value is -0.120. The minimum Gasteiger partial charge on any atom is -0.392 e. The molecule has 0 aliphatic rings. The Labute approximate surface area is 87.7 Å². The second-order valence-corrected chi connectivity index (χ2v) is 4.99. The minimum atomic E-state index is -0.349. The van der Waals surface area contributed by atoms with Crippen LogP contribution in [0.3, 0.4) is 0 Å². The third-order valence-electron chi connectivity index (χ3n) is 2.34. The number of aliphatic hydroxyl groups is 2. The standard InChI is InChI=1S/C11H25NO2/c1-6-10(14)8-12(7-9(2)13)11(3,4)5/h9-10,13-14H,6-8H2,1-5H3. The summed E-state index contributed by atoms with van der Waals surface area (Å²) in [6, 6.07) is 0. The molecule has 3 heteroatoms. The number of β-amino-alcohol motifs (C(OH)–C–C–N with tert-alkyl or cyclic N) is 2. The fourth-order valence-electron chi connectivity index (χ4n) is 1.32. The van der Waals surface area contributed by atoms with E-state index in [1.807, 2.05) is 6.92 Å². The van der Waals surface area contributed by atoms with E-state index in [4.69, 9.17) is 0 Å². The van der Waals surface area contributed by atoms with E-state index in [1.165, 1.54) is 0 Å². The fourth-order valence-corrected chi connectivity index (χ4v) is 1.32. The van der Waals surface area contributed by atoms with Gasteiger partial charge in [0.2, 0.25) is 0 Å². The van der Waals surface area contributed by atoms with Crippen molar-refractivity contribution >= 4 is 0 Å². The van der Waals surface area contributed by atoms with Gasteiger partial charge in [-0.3, -0.25) is 4.90 Å². The van der Waals surface area contributed by atoms with Crippen molar-refractivity contribution in [1.29, 1.82) is 0 Å². The lowest BCUT2D eigenvalue weighted by Gasteiger charge is -2.37. The van der Waals surface area contributed by atoms with Gasteiger partial charge in [0, 0.05) is 18.6 Å². The number of hydrogen-bond acceptors (Lipinski definition) is 3. The van der Waals surface area contributed by atoms with Crippen molar-refractivity contribution in [3.8, 4) is 0 Å². The molecule has 0 fully saturated rings. The highest BCUT2D eigenvalue weighted by Crippen LogP contribution is 2.14. The van der Waals surface area contributed by atoms with Crippen molar-refractivity contribution in [3.63, 3.8) is 0 Å². The molecule has 0 bridgehead atoms. The van der Waals surface area contributed by atoms with E-state index in [0.717, 1.165) is 6.42 Å².